The van der Waals surface area contributed by atoms with Crippen molar-refractivity contribution in [2.45, 2.75) is 57.8 Å². The molecule has 3 aliphatic heterocycles. The van der Waals surface area contributed by atoms with Crippen molar-refractivity contribution >= 4 is 23.3 Å². The Morgan fingerprint density at radius 1 is 0.600 bits per heavy atom. The molecule has 0 bridgehead atoms. The van der Waals surface area contributed by atoms with Gasteiger partial charge in [0.15, 0.2) is 0 Å². The molecule has 0 radical (unpaired) electrons. The first-order chi connectivity index (χ1) is 14.1. The smallest absolute Gasteiger partial charge is 0.150 e. The van der Waals surface area contributed by atoms with E-state index in [1.807, 2.05) is 0 Å². The molecule has 0 amide bonds. The second-order valence-electron chi connectivity index (χ2n) is 10.7. The fourth-order valence-corrected chi connectivity index (χ4v) is 6.28. The van der Waals surface area contributed by atoms with Crippen molar-refractivity contribution in [2.24, 2.45) is 0 Å². The highest BCUT2D eigenvalue weighted by Gasteiger charge is 2.51. The van der Waals surface area contributed by atoms with Crippen LogP contribution in [0.2, 0.25) is 0 Å². The van der Waals surface area contributed by atoms with E-state index in [0.717, 1.165) is 11.8 Å². The fourth-order valence-electron chi connectivity index (χ4n) is 6.28. The van der Waals surface area contributed by atoms with Gasteiger partial charge in [-0.25, -0.2) is 0 Å². The number of hydrogen-bond donors (Lipinski definition) is 0. The summed E-state index contributed by atoms with van der Waals surface area (Å²) < 4.78 is 0. The Morgan fingerprint density at radius 2 is 0.933 bits per heavy atom. The molecule has 6 rings (SSSR count). The van der Waals surface area contributed by atoms with Gasteiger partial charge in [-0.1, -0.05) is 77.9 Å². The molecule has 0 aliphatic carbocycles. The van der Waals surface area contributed by atoms with E-state index in [9.17, 15) is 4.79 Å². The first-order valence-corrected chi connectivity index (χ1v) is 10.8. The van der Waals surface area contributed by atoms with Crippen molar-refractivity contribution in [3.05, 3.63) is 87.5 Å². The van der Waals surface area contributed by atoms with Gasteiger partial charge in [-0.3, -0.25) is 4.79 Å². The fraction of sp³-hybridized carbons (Fsp3) is 0.321. The first-order valence-electron chi connectivity index (χ1n) is 10.8. The minimum absolute atomic E-state index is 0.0723. The number of para-hydroxylation sites is 2. The maximum absolute atomic E-state index is 11.9. The highest BCUT2D eigenvalue weighted by Crippen LogP contribution is 2.65. The van der Waals surface area contributed by atoms with Crippen LogP contribution in [0.25, 0.3) is 0 Å². The van der Waals surface area contributed by atoms with Crippen LogP contribution in [0.15, 0.2) is 48.5 Å². The number of hydrogen-bond acceptors (Lipinski definition) is 2. The Hall–Kier alpha value is -2.87. The van der Waals surface area contributed by atoms with E-state index in [0.29, 0.717) is 0 Å². The summed E-state index contributed by atoms with van der Waals surface area (Å²) in [5, 5.41) is 0. The Kier molecular flexibility index (Phi) is 3.02. The summed E-state index contributed by atoms with van der Waals surface area (Å²) in [4.78, 5) is 14.4. The number of anilines is 3. The zero-order valence-electron chi connectivity index (χ0n) is 18.6. The molecule has 0 N–H and O–H groups in total. The molecule has 0 atom stereocenters. The van der Waals surface area contributed by atoms with E-state index in [4.69, 9.17) is 0 Å². The summed E-state index contributed by atoms with van der Waals surface area (Å²) in [7, 11) is 0. The molecule has 0 saturated carbocycles. The van der Waals surface area contributed by atoms with Crippen LogP contribution >= 0.6 is 0 Å². The van der Waals surface area contributed by atoms with Gasteiger partial charge in [-0.05, 0) is 45.5 Å². The van der Waals surface area contributed by atoms with Crippen molar-refractivity contribution in [1.82, 2.24) is 0 Å². The average Bonchev–Trinajstić information content (AvgIpc) is 2.71. The minimum Gasteiger partial charge on any atom is -0.309 e. The third kappa shape index (κ3) is 1.76. The highest BCUT2D eigenvalue weighted by molar-refractivity contribution is 5.99. The van der Waals surface area contributed by atoms with Gasteiger partial charge in [0.2, 0.25) is 0 Å². The summed E-state index contributed by atoms with van der Waals surface area (Å²) in [5.74, 6) is 0. The average molecular weight is 394 g/mol. The molecule has 150 valence electrons. The first kappa shape index (κ1) is 17.9. The summed E-state index contributed by atoms with van der Waals surface area (Å²) in [6, 6.07) is 17.8. The van der Waals surface area contributed by atoms with E-state index < -0.39 is 0 Å². The lowest BCUT2D eigenvalue weighted by Crippen LogP contribution is -2.43. The Morgan fingerprint density at radius 3 is 1.30 bits per heavy atom. The number of nitrogens with zero attached hydrogens (tertiary/aromatic N) is 1. The molecule has 3 aromatic carbocycles. The van der Waals surface area contributed by atoms with Gasteiger partial charge in [0.25, 0.3) is 0 Å². The summed E-state index contributed by atoms with van der Waals surface area (Å²) in [6.45, 7) is 13.9. The maximum atomic E-state index is 11.9. The van der Waals surface area contributed by atoms with Crippen molar-refractivity contribution < 1.29 is 4.79 Å². The molecule has 2 heteroatoms. The Bertz CT molecular complexity index is 1200. The van der Waals surface area contributed by atoms with Crippen LogP contribution in [0.1, 0.15) is 85.3 Å². The molecule has 3 aliphatic rings. The van der Waals surface area contributed by atoms with Gasteiger partial charge in [-0.15, -0.1) is 0 Å². The summed E-state index contributed by atoms with van der Waals surface area (Å²) in [6.07, 6.45) is 1.00. The van der Waals surface area contributed by atoms with E-state index >= 15 is 0 Å². The van der Waals surface area contributed by atoms with Crippen molar-refractivity contribution in [2.75, 3.05) is 4.90 Å². The van der Waals surface area contributed by atoms with Gasteiger partial charge < -0.3 is 4.90 Å². The molecular formula is C28H27NO. The number of carbonyl (C=O) groups is 1. The Balaban J connectivity index is 1.89. The topological polar surface area (TPSA) is 20.3 Å². The second kappa shape index (κ2) is 5.06. The van der Waals surface area contributed by atoms with Crippen molar-refractivity contribution in [3.63, 3.8) is 0 Å². The number of benzene rings is 3. The van der Waals surface area contributed by atoms with Gasteiger partial charge in [0, 0.05) is 21.8 Å². The maximum Gasteiger partial charge on any atom is 0.150 e. The van der Waals surface area contributed by atoms with Gasteiger partial charge in [0.05, 0.1) is 17.1 Å². The lowest BCUT2D eigenvalue weighted by atomic mass is 9.60. The lowest BCUT2D eigenvalue weighted by molar-refractivity contribution is 0.112. The molecule has 3 aromatic rings. The highest BCUT2D eigenvalue weighted by atomic mass is 16.1. The Labute approximate surface area is 178 Å². The zero-order chi connectivity index (χ0) is 21.2. The molecular weight excluding hydrogens is 366 g/mol. The molecule has 3 heterocycles. The van der Waals surface area contributed by atoms with Crippen LogP contribution in [-0.4, -0.2) is 6.29 Å². The monoisotopic (exact) mass is 393 g/mol. The van der Waals surface area contributed by atoms with E-state index in [2.05, 4.69) is 95.0 Å². The van der Waals surface area contributed by atoms with E-state index in [-0.39, 0.29) is 16.2 Å². The quantitative estimate of drug-likeness (QED) is 0.420. The third-order valence-corrected chi connectivity index (χ3v) is 8.05. The lowest BCUT2D eigenvalue weighted by Gasteiger charge is -2.55. The molecule has 2 nitrogen and oxygen atoms in total. The van der Waals surface area contributed by atoms with Crippen LogP contribution in [0.4, 0.5) is 17.1 Å². The number of aldehydes is 1. The molecule has 0 spiro atoms. The summed E-state index contributed by atoms with van der Waals surface area (Å²) in [5.41, 5.74) is 12.3. The van der Waals surface area contributed by atoms with E-state index in [1.54, 1.807) is 0 Å². The predicted octanol–water partition coefficient (Wildman–Crippen LogP) is 6.89. The second-order valence-corrected chi connectivity index (χ2v) is 10.7. The van der Waals surface area contributed by atoms with Crippen LogP contribution in [-0.2, 0) is 16.2 Å². The molecule has 0 fully saturated rings. The molecule has 0 saturated heterocycles. The van der Waals surface area contributed by atoms with Crippen LogP contribution in [0, 0.1) is 0 Å². The van der Waals surface area contributed by atoms with Crippen LogP contribution in [0.3, 0.4) is 0 Å². The van der Waals surface area contributed by atoms with Crippen molar-refractivity contribution in [1.29, 1.82) is 0 Å². The number of carbonyl (C=O) groups excluding carboxylic acids is 1. The van der Waals surface area contributed by atoms with Gasteiger partial charge in [-0.2, -0.15) is 0 Å². The van der Waals surface area contributed by atoms with Crippen LogP contribution < -0.4 is 4.90 Å². The predicted molar refractivity (Wildman–Crippen MR) is 123 cm³/mol. The zero-order valence-corrected chi connectivity index (χ0v) is 18.6. The largest absolute Gasteiger partial charge is 0.309 e. The third-order valence-electron chi connectivity index (χ3n) is 8.05. The van der Waals surface area contributed by atoms with Crippen molar-refractivity contribution in [3.8, 4) is 0 Å². The SMILES string of the molecule is CC1(C)c2cccc3c2N2c4c1cccc4C(C)(C)c1cc(C=O)cc(c12)C3(C)C. The molecule has 30 heavy (non-hydrogen) atoms. The molecule has 0 unspecified atom stereocenters. The molecule has 0 aromatic heterocycles. The summed E-state index contributed by atoms with van der Waals surface area (Å²) >= 11 is 0. The van der Waals surface area contributed by atoms with Crippen LogP contribution in [0.5, 0.6) is 0 Å². The normalized spacial score (nSPS) is 19.9. The van der Waals surface area contributed by atoms with Gasteiger partial charge >= 0.3 is 0 Å². The standard InChI is InChI=1S/C28H27NO/c1-26(2)17-9-7-11-19-23(17)29-24-18(26)10-8-12-20(24)28(5,6)22-14-16(15-30)13-21(25(22)29)27(19,3)4/h7-15H,1-6H3. The minimum atomic E-state index is -0.180. The van der Waals surface area contributed by atoms with Gasteiger partial charge in [0.1, 0.15) is 6.29 Å². The number of rotatable bonds is 1. The van der Waals surface area contributed by atoms with E-state index in [1.165, 1.54) is 50.4 Å².